The Labute approximate surface area is 106 Å². The smallest absolute Gasteiger partial charge is 0.264 e. The SMILES string of the molecule is Cc1c(-c2cccnc2)cnc(C(F)(F)F)c1Cl. The molecule has 94 valence electrons. The van der Waals surface area contributed by atoms with E-state index in [4.69, 9.17) is 11.6 Å². The summed E-state index contributed by atoms with van der Waals surface area (Å²) in [6.07, 6.45) is -0.248. The molecule has 0 aromatic carbocycles. The van der Waals surface area contributed by atoms with E-state index in [-0.39, 0.29) is 5.02 Å². The third-order valence-corrected chi connectivity index (χ3v) is 2.97. The molecule has 0 saturated heterocycles. The fourth-order valence-electron chi connectivity index (χ4n) is 1.59. The van der Waals surface area contributed by atoms with Gasteiger partial charge in [-0.2, -0.15) is 13.2 Å². The lowest BCUT2D eigenvalue weighted by molar-refractivity contribution is -0.141. The molecule has 2 nitrogen and oxygen atoms in total. The maximum atomic E-state index is 12.6. The zero-order valence-electron chi connectivity index (χ0n) is 9.29. The molecule has 0 fully saturated rings. The number of aromatic nitrogens is 2. The number of hydrogen-bond acceptors (Lipinski definition) is 2. The van der Waals surface area contributed by atoms with E-state index in [9.17, 15) is 13.2 Å². The van der Waals surface area contributed by atoms with E-state index in [0.717, 1.165) is 0 Å². The number of hydrogen-bond donors (Lipinski definition) is 0. The van der Waals surface area contributed by atoms with Gasteiger partial charge in [-0.3, -0.25) is 4.98 Å². The van der Waals surface area contributed by atoms with E-state index in [1.165, 1.54) is 13.1 Å². The van der Waals surface area contributed by atoms with Gasteiger partial charge in [-0.25, -0.2) is 4.98 Å². The highest BCUT2D eigenvalue weighted by Gasteiger charge is 2.36. The molecule has 6 heteroatoms. The van der Waals surface area contributed by atoms with Crippen LogP contribution in [0.2, 0.25) is 5.02 Å². The van der Waals surface area contributed by atoms with Gasteiger partial charge in [0.25, 0.3) is 0 Å². The van der Waals surface area contributed by atoms with Crippen LogP contribution in [0.15, 0.2) is 30.7 Å². The molecule has 0 aliphatic carbocycles. The van der Waals surface area contributed by atoms with Gasteiger partial charge in [0.15, 0.2) is 5.69 Å². The van der Waals surface area contributed by atoms with Gasteiger partial charge in [0.2, 0.25) is 0 Å². The van der Waals surface area contributed by atoms with Gasteiger partial charge in [0.05, 0.1) is 5.02 Å². The Bertz CT molecular complexity index is 568. The molecule has 2 aromatic rings. The lowest BCUT2D eigenvalue weighted by Crippen LogP contribution is -2.10. The third kappa shape index (κ3) is 2.31. The Kier molecular flexibility index (Phi) is 3.26. The third-order valence-electron chi connectivity index (χ3n) is 2.50. The van der Waals surface area contributed by atoms with Crippen LogP contribution in [0, 0.1) is 6.92 Å². The monoisotopic (exact) mass is 272 g/mol. The number of pyridine rings is 2. The van der Waals surface area contributed by atoms with Crippen molar-refractivity contribution in [1.29, 1.82) is 0 Å². The molecule has 0 aliphatic rings. The largest absolute Gasteiger partial charge is 0.434 e. The van der Waals surface area contributed by atoms with Crippen LogP contribution in [0.5, 0.6) is 0 Å². The van der Waals surface area contributed by atoms with Gasteiger partial charge in [0, 0.05) is 29.7 Å². The molecule has 0 atom stereocenters. The fraction of sp³-hybridized carbons (Fsp3) is 0.167. The Morgan fingerprint density at radius 1 is 1.22 bits per heavy atom. The van der Waals surface area contributed by atoms with Gasteiger partial charge in [-0.15, -0.1) is 0 Å². The van der Waals surface area contributed by atoms with Crippen molar-refractivity contribution in [2.45, 2.75) is 13.1 Å². The van der Waals surface area contributed by atoms with Crippen LogP contribution in [0.1, 0.15) is 11.3 Å². The molecule has 0 aliphatic heterocycles. The highest BCUT2D eigenvalue weighted by Crippen LogP contribution is 2.37. The fourth-order valence-corrected chi connectivity index (χ4v) is 1.85. The van der Waals surface area contributed by atoms with E-state index in [0.29, 0.717) is 16.7 Å². The minimum Gasteiger partial charge on any atom is -0.264 e. The van der Waals surface area contributed by atoms with Crippen molar-refractivity contribution in [3.63, 3.8) is 0 Å². The molecule has 2 heterocycles. The molecule has 0 saturated carbocycles. The van der Waals surface area contributed by atoms with Crippen LogP contribution in [0.3, 0.4) is 0 Å². The summed E-state index contributed by atoms with van der Waals surface area (Å²) in [6, 6.07) is 3.43. The topological polar surface area (TPSA) is 25.8 Å². The van der Waals surface area contributed by atoms with Crippen LogP contribution >= 0.6 is 11.6 Å². The van der Waals surface area contributed by atoms with Gasteiger partial charge in [0.1, 0.15) is 0 Å². The first-order chi connectivity index (χ1) is 8.41. The molecular weight excluding hydrogens is 265 g/mol. The van der Waals surface area contributed by atoms with Crippen LogP contribution in [0.25, 0.3) is 11.1 Å². The minimum absolute atomic E-state index is 0.340. The standard InChI is InChI=1S/C12H8ClF3N2/c1-7-9(8-3-2-4-17-5-8)6-18-11(10(7)13)12(14,15)16/h2-6H,1H3. The molecule has 0 spiro atoms. The summed E-state index contributed by atoms with van der Waals surface area (Å²) in [5.74, 6) is 0. The first-order valence-corrected chi connectivity index (χ1v) is 5.41. The molecule has 0 bridgehead atoms. The lowest BCUT2D eigenvalue weighted by Gasteiger charge is -2.12. The quantitative estimate of drug-likeness (QED) is 0.780. The van der Waals surface area contributed by atoms with Crippen LogP contribution in [0.4, 0.5) is 13.2 Å². The molecule has 0 amide bonds. The second kappa shape index (κ2) is 4.57. The number of halogens is 4. The maximum absolute atomic E-state index is 12.6. The van der Waals surface area contributed by atoms with E-state index in [1.54, 1.807) is 24.5 Å². The van der Waals surface area contributed by atoms with Crippen molar-refractivity contribution in [3.05, 3.63) is 47.0 Å². The highest BCUT2D eigenvalue weighted by molar-refractivity contribution is 6.32. The lowest BCUT2D eigenvalue weighted by atomic mass is 10.0. The summed E-state index contributed by atoms with van der Waals surface area (Å²) >= 11 is 5.73. The van der Waals surface area contributed by atoms with Crippen molar-refractivity contribution in [2.24, 2.45) is 0 Å². The zero-order chi connectivity index (χ0) is 13.3. The average molecular weight is 273 g/mol. The number of rotatable bonds is 1. The molecule has 18 heavy (non-hydrogen) atoms. The van der Waals surface area contributed by atoms with E-state index in [2.05, 4.69) is 9.97 Å². The van der Waals surface area contributed by atoms with Crippen molar-refractivity contribution < 1.29 is 13.2 Å². The number of alkyl halides is 3. The summed E-state index contributed by atoms with van der Waals surface area (Å²) in [7, 11) is 0. The van der Waals surface area contributed by atoms with Crippen LogP contribution in [-0.2, 0) is 6.18 Å². The Hall–Kier alpha value is -1.62. The van der Waals surface area contributed by atoms with E-state index >= 15 is 0 Å². The second-order valence-electron chi connectivity index (χ2n) is 3.70. The second-order valence-corrected chi connectivity index (χ2v) is 4.08. The minimum atomic E-state index is -4.55. The van der Waals surface area contributed by atoms with Crippen LogP contribution in [-0.4, -0.2) is 9.97 Å². The molecule has 0 N–H and O–H groups in total. The summed E-state index contributed by atoms with van der Waals surface area (Å²) in [6.45, 7) is 1.53. The zero-order valence-corrected chi connectivity index (χ0v) is 10.0. The van der Waals surface area contributed by atoms with Crippen molar-refractivity contribution >= 4 is 11.6 Å². The number of nitrogens with zero attached hydrogens (tertiary/aromatic N) is 2. The van der Waals surface area contributed by atoms with Gasteiger partial charge < -0.3 is 0 Å². The predicted molar refractivity (Wildman–Crippen MR) is 62.2 cm³/mol. The molecule has 0 radical (unpaired) electrons. The van der Waals surface area contributed by atoms with Gasteiger partial charge >= 0.3 is 6.18 Å². The highest BCUT2D eigenvalue weighted by atomic mass is 35.5. The van der Waals surface area contributed by atoms with Crippen molar-refractivity contribution in [2.75, 3.05) is 0 Å². The van der Waals surface area contributed by atoms with E-state index in [1.807, 2.05) is 0 Å². The van der Waals surface area contributed by atoms with Gasteiger partial charge in [-0.1, -0.05) is 17.7 Å². The first-order valence-electron chi connectivity index (χ1n) is 5.04. The predicted octanol–water partition coefficient (Wildman–Crippen LogP) is 4.12. The summed E-state index contributed by atoms with van der Waals surface area (Å²) in [5.41, 5.74) is 0.500. The van der Waals surface area contributed by atoms with Crippen molar-refractivity contribution in [1.82, 2.24) is 9.97 Å². The summed E-state index contributed by atoms with van der Waals surface area (Å²) < 4.78 is 37.8. The average Bonchev–Trinajstić information content (AvgIpc) is 2.32. The molecular formula is C12H8ClF3N2. The Balaban J connectivity index is 2.58. The first kappa shape index (κ1) is 12.8. The summed E-state index contributed by atoms with van der Waals surface area (Å²) in [4.78, 5) is 7.31. The molecule has 2 rings (SSSR count). The molecule has 0 unspecified atom stereocenters. The maximum Gasteiger partial charge on any atom is 0.434 e. The Morgan fingerprint density at radius 3 is 2.50 bits per heavy atom. The normalized spacial score (nSPS) is 11.6. The van der Waals surface area contributed by atoms with Crippen molar-refractivity contribution in [3.8, 4) is 11.1 Å². The Morgan fingerprint density at radius 2 is 1.94 bits per heavy atom. The summed E-state index contributed by atoms with van der Waals surface area (Å²) in [5, 5.41) is -0.371. The van der Waals surface area contributed by atoms with E-state index < -0.39 is 11.9 Å². The molecule has 2 aromatic heterocycles. The van der Waals surface area contributed by atoms with Crippen LogP contribution < -0.4 is 0 Å². The van der Waals surface area contributed by atoms with Gasteiger partial charge in [-0.05, 0) is 18.6 Å².